The van der Waals surface area contributed by atoms with Crippen molar-refractivity contribution >= 4 is 25.0 Å². The van der Waals surface area contributed by atoms with Crippen molar-refractivity contribution in [3.8, 4) is 0 Å². The predicted molar refractivity (Wildman–Crippen MR) is 189 cm³/mol. The van der Waals surface area contributed by atoms with Crippen LogP contribution in [0.1, 0.15) is 98.8 Å². The second-order valence-corrected chi connectivity index (χ2v) is 32.6. The van der Waals surface area contributed by atoms with E-state index in [1.54, 1.807) is 5.57 Å². The molecule has 0 aliphatic heterocycles. The summed E-state index contributed by atoms with van der Waals surface area (Å²) < 4.78 is 20.4. The van der Waals surface area contributed by atoms with Gasteiger partial charge in [0.05, 0.1) is 11.7 Å². The van der Waals surface area contributed by atoms with Crippen molar-refractivity contribution < 1.29 is 13.3 Å². The molecule has 0 saturated heterocycles. The summed E-state index contributed by atoms with van der Waals surface area (Å²) in [5.41, 5.74) is 2.48. The molecule has 3 saturated carbocycles. The molecule has 4 aliphatic carbocycles. The van der Waals surface area contributed by atoms with Gasteiger partial charge in [-0.15, -0.1) is 0 Å². The highest BCUT2D eigenvalue weighted by molar-refractivity contribution is 6.70. The average molecular weight is 635 g/mol. The van der Waals surface area contributed by atoms with Crippen molar-refractivity contribution in [1.82, 2.24) is 0 Å². The Morgan fingerprint density at radius 3 is 2.07 bits per heavy atom. The third kappa shape index (κ3) is 7.97. The minimum atomic E-state index is -1.69. The van der Waals surface area contributed by atoms with Crippen LogP contribution in [-0.2, 0) is 13.3 Å². The molecule has 0 aromatic carbocycles. The van der Waals surface area contributed by atoms with Crippen molar-refractivity contribution in [3.05, 3.63) is 11.6 Å². The molecule has 0 heterocycles. The van der Waals surface area contributed by atoms with Gasteiger partial charge >= 0.3 is 0 Å². The van der Waals surface area contributed by atoms with Gasteiger partial charge in [-0.05, 0) is 165 Å². The molecule has 6 heteroatoms. The van der Waals surface area contributed by atoms with Crippen LogP contribution in [0, 0.1) is 40.4 Å². The molecule has 3 nitrogen and oxygen atoms in total. The van der Waals surface area contributed by atoms with E-state index in [1.807, 2.05) is 0 Å². The fraction of sp³-hybridized carbons (Fsp3) is 0.944. The summed E-state index contributed by atoms with van der Waals surface area (Å²) >= 11 is 0. The topological polar surface area (TPSA) is 27.7 Å². The van der Waals surface area contributed by atoms with Crippen molar-refractivity contribution in [1.29, 1.82) is 0 Å². The zero-order valence-electron chi connectivity index (χ0n) is 30.4. The first kappa shape index (κ1) is 35.1. The van der Waals surface area contributed by atoms with E-state index in [0.717, 1.165) is 30.1 Å². The van der Waals surface area contributed by atoms with E-state index in [2.05, 4.69) is 99.6 Å². The highest BCUT2D eigenvalue weighted by Gasteiger charge is 2.61. The average Bonchev–Trinajstić information content (AvgIpc) is 3.13. The fourth-order valence-corrected chi connectivity index (χ4v) is 14.6. The quantitative estimate of drug-likeness (QED) is 0.167. The minimum absolute atomic E-state index is 0.00642. The summed E-state index contributed by atoms with van der Waals surface area (Å²) in [4.78, 5) is 0. The molecule has 3 fully saturated rings. The lowest BCUT2D eigenvalue weighted by molar-refractivity contribution is -0.0924. The van der Waals surface area contributed by atoms with Gasteiger partial charge in [0, 0.05) is 6.10 Å². The van der Waals surface area contributed by atoms with Gasteiger partial charge < -0.3 is 13.3 Å². The maximum Gasteiger partial charge on any atom is 0.184 e. The van der Waals surface area contributed by atoms with Crippen LogP contribution >= 0.6 is 0 Å². The van der Waals surface area contributed by atoms with Gasteiger partial charge in [0.2, 0.25) is 0 Å². The summed E-state index contributed by atoms with van der Waals surface area (Å²) in [7, 11) is -4.77. The molecule has 4 rings (SSSR count). The fourth-order valence-electron chi connectivity index (χ4n) is 10.6. The largest absolute Gasteiger partial charge is 0.414 e. The molecule has 0 aromatic heterocycles. The van der Waals surface area contributed by atoms with Crippen LogP contribution in [-0.4, -0.2) is 42.8 Å². The molecule has 42 heavy (non-hydrogen) atoms. The van der Waals surface area contributed by atoms with Gasteiger partial charge in [-0.3, -0.25) is 0 Å². The summed E-state index contributed by atoms with van der Waals surface area (Å²) in [5, 5.41) is 0. The predicted octanol–water partition coefficient (Wildman–Crippen LogP) is 11.1. The number of fused-ring (bicyclic) bond motifs is 5. The van der Waals surface area contributed by atoms with Crippen molar-refractivity contribution in [3.63, 3.8) is 0 Å². The van der Waals surface area contributed by atoms with Crippen molar-refractivity contribution in [2.24, 2.45) is 40.4 Å². The van der Waals surface area contributed by atoms with Crippen LogP contribution in [0.4, 0.5) is 0 Å². The van der Waals surface area contributed by atoms with E-state index < -0.39 is 25.0 Å². The maximum absolute atomic E-state index is 7.19. The van der Waals surface area contributed by atoms with E-state index in [1.165, 1.54) is 57.8 Å². The zero-order chi connectivity index (χ0) is 31.5. The van der Waals surface area contributed by atoms with Crippen LogP contribution < -0.4 is 0 Å². The standard InChI is InChI=1S/C36H70O3Si3/c1-26(16-15-21-34(2,3)39-42(12,13)14)29-17-18-30-33-31(20-23-36(29,30)5)35(4)22-19-28(37-40(6,7)8)24-27(35)25-32(33)38-41(9,10)11/h25-26,28-33H,15-24H2,1-14H3/t26?,28-,29?,30?,31?,32+,33?,35?,36?/m0/s1. The first-order valence-corrected chi connectivity index (χ1v) is 28.0. The minimum Gasteiger partial charge on any atom is -0.414 e. The summed E-state index contributed by atoms with van der Waals surface area (Å²) in [6, 6.07) is 0. The molecule has 0 spiro atoms. The molecule has 0 N–H and O–H groups in total. The first-order valence-electron chi connectivity index (χ1n) is 17.8. The number of hydrogen-bond donors (Lipinski definition) is 0. The van der Waals surface area contributed by atoms with Gasteiger partial charge in [-0.2, -0.15) is 0 Å². The Hall–Kier alpha value is 0.271. The molecule has 0 aromatic rings. The third-order valence-corrected chi connectivity index (χ3v) is 15.0. The Kier molecular flexibility index (Phi) is 10.1. The van der Waals surface area contributed by atoms with Gasteiger partial charge in [-0.25, -0.2) is 0 Å². The Bertz CT molecular complexity index is 973. The van der Waals surface area contributed by atoms with Gasteiger partial charge in [0.25, 0.3) is 0 Å². The van der Waals surface area contributed by atoms with Gasteiger partial charge in [0.15, 0.2) is 25.0 Å². The van der Waals surface area contributed by atoms with Gasteiger partial charge in [-0.1, -0.05) is 45.3 Å². The molecular formula is C36H70O3Si3. The lowest BCUT2D eigenvalue weighted by atomic mass is 9.46. The number of hydrogen-bond acceptors (Lipinski definition) is 3. The van der Waals surface area contributed by atoms with E-state index in [0.29, 0.717) is 29.0 Å². The van der Waals surface area contributed by atoms with Crippen molar-refractivity contribution in [2.75, 3.05) is 0 Å². The van der Waals surface area contributed by atoms with Crippen LogP contribution in [0.25, 0.3) is 0 Å². The second kappa shape index (κ2) is 12.1. The van der Waals surface area contributed by atoms with Crippen molar-refractivity contribution in [2.45, 2.75) is 176 Å². The Morgan fingerprint density at radius 1 is 0.833 bits per heavy atom. The molecule has 9 atom stereocenters. The van der Waals surface area contributed by atoms with E-state index in [9.17, 15) is 0 Å². The SMILES string of the molecule is CC(CCCC(C)(C)O[Si](C)(C)C)C1CCC2C3C(CCC12C)C1(C)CC[C@H](O[Si](C)(C)C)CC1=C[C@H]3O[Si](C)(C)C. The first-order chi connectivity index (χ1) is 19.0. The maximum atomic E-state index is 7.19. The van der Waals surface area contributed by atoms with E-state index in [-0.39, 0.29) is 5.60 Å². The summed E-state index contributed by atoms with van der Waals surface area (Å²) in [6.45, 7) is 33.8. The molecule has 0 bridgehead atoms. The van der Waals surface area contributed by atoms with Crippen LogP contribution in [0.15, 0.2) is 11.6 Å². The molecule has 244 valence electrons. The Balaban J connectivity index is 1.53. The van der Waals surface area contributed by atoms with Crippen LogP contribution in [0.5, 0.6) is 0 Å². The molecule has 7 unspecified atom stereocenters. The lowest BCUT2D eigenvalue weighted by Crippen LogP contribution is -2.57. The van der Waals surface area contributed by atoms with E-state index in [4.69, 9.17) is 13.3 Å². The smallest absolute Gasteiger partial charge is 0.184 e. The Morgan fingerprint density at radius 2 is 1.48 bits per heavy atom. The normalized spacial score (nSPS) is 38.4. The van der Waals surface area contributed by atoms with Crippen LogP contribution in [0.2, 0.25) is 58.9 Å². The molecule has 0 amide bonds. The summed E-state index contributed by atoms with van der Waals surface area (Å²) in [6.07, 6.45) is 16.5. The van der Waals surface area contributed by atoms with E-state index >= 15 is 0 Å². The van der Waals surface area contributed by atoms with Gasteiger partial charge in [0.1, 0.15) is 0 Å². The molecule has 0 radical (unpaired) electrons. The summed E-state index contributed by atoms with van der Waals surface area (Å²) in [5.74, 6) is 3.87. The highest BCUT2D eigenvalue weighted by atomic mass is 28.4. The Labute approximate surface area is 265 Å². The third-order valence-electron chi connectivity index (χ3n) is 11.9. The molecule has 4 aliphatic rings. The second-order valence-electron chi connectivity index (χ2n) is 19.3. The highest BCUT2D eigenvalue weighted by Crippen LogP contribution is 2.68. The monoisotopic (exact) mass is 634 g/mol. The van der Waals surface area contributed by atoms with Crippen LogP contribution in [0.3, 0.4) is 0 Å². The zero-order valence-corrected chi connectivity index (χ0v) is 33.4. The molecular weight excluding hydrogens is 565 g/mol. The number of rotatable bonds is 11. The lowest BCUT2D eigenvalue weighted by Gasteiger charge is -2.61.